The lowest BCUT2D eigenvalue weighted by molar-refractivity contribution is -0.122. The normalized spacial score (nSPS) is 15.9. The molecular formula is C18H23FN4O3. The molecule has 1 amide bonds. The highest BCUT2D eigenvalue weighted by molar-refractivity contribution is 5.78. The van der Waals surface area contributed by atoms with E-state index in [1.54, 1.807) is 19.2 Å². The Labute approximate surface area is 151 Å². The summed E-state index contributed by atoms with van der Waals surface area (Å²) >= 11 is 0. The molecule has 3 rings (SSSR count). The first-order chi connectivity index (χ1) is 12.7. The fourth-order valence-corrected chi connectivity index (χ4v) is 3.00. The van der Waals surface area contributed by atoms with Crippen molar-refractivity contribution in [1.29, 1.82) is 0 Å². The number of ether oxygens (including phenoxy) is 1. The van der Waals surface area contributed by atoms with Crippen molar-refractivity contribution >= 4 is 5.91 Å². The molecule has 1 fully saturated rings. The number of amides is 1. The molecule has 0 spiro atoms. The first kappa shape index (κ1) is 18.5. The molecule has 140 valence electrons. The number of nitrogens with zero attached hydrogens (tertiary/aromatic N) is 3. The van der Waals surface area contributed by atoms with Crippen molar-refractivity contribution in [2.45, 2.75) is 18.8 Å². The quantitative estimate of drug-likeness (QED) is 0.757. The topological polar surface area (TPSA) is 80.5 Å². The minimum Gasteiger partial charge on any atom is -0.420 e. The Balaban J connectivity index is 1.49. The zero-order valence-electron chi connectivity index (χ0n) is 14.8. The molecule has 0 radical (unpaired) electrons. The van der Waals surface area contributed by atoms with Gasteiger partial charge in [0, 0.05) is 25.1 Å². The molecule has 0 aliphatic carbocycles. The predicted octanol–water partition coefficient (Wildman–Crippen LogP) is 1.82. The van der Waals surface area contributed by atoms with Crippen LogP contribution in [0.25, 0.3) is 11.5 Å². The van der Waals surface area contributed by atoms with Gasteiger partial charge >= 0.3 is 0 Å². The molecule has 0 saturated carbocycles. The van der Waals surface area contributed by atoms with E-state index in [1.807, 2.05) is 0 Å². The second-order valence-electron chi connectivity index (χ2n) is 6.35. The third kappa shape index (κ3) is 4.86. The van der Waals surface area contributed by atoms with Crippen molar-refractivity contribution < 1.29 is 18.3 Å². The van der Waals surface area contributed by atoms with Gasteiger partial charge in [0.05, 0.1) is 13.2 Å². The number of rotatable bonds is 7. The van der Waals surface area contributed by atoms with Gasteiger partial charge in [-0.2, -0.15) is 0 Å². The Hall–Kier alpha value is -2.32. The highest BCUT2D eigenvalue weighted by atomic mass is 19.1. The summed E-state index contributed by atoms with van der Waals surface area (Å²) in [5.41, 5.74) is 0.704. The van der Waals surface area contributed by atoms with Crippen molar-refractivity contribution in [3.05, 3.63) is 36.0 Å². The minimum atomic E-state index is -0.299. The summed E-state index contributed by atoms with van der Waals surface area (Å²) in [5.74, 6) is 0.905. The number of benzene rings is 1. The van der Waals surface area contributed by atoms with Crippen LogP contribution in [0.4, 0.5) is 4.39 Å². The Morgan fingerprint density at radius 1 is 1.31 bits per heavy atom. The standard InChI is InChI=1S/C18H23FN4O3/c1-25-11-8-20-16(24)12-23-9-6-14(7-10-23)18-22-21-17(26-18)13-2-4-15(19)5-3-13/h2-5,14H,6-12H2,1H3,(H,20,24). The fourth-order valence-electron chi connectivity index (χ4n) is 3.00. The summed E-state index contributed by atoms with van der Waals surface area (Å²) in [7, 11) is 1.61. The van der Waals surface area contributed by atoms with Crippen molar-refractivity contribution in [2.24, 2.45) is 0 Å². The van der Waals surface area contributed by atoms with Crippen molar-refractivity contribution in [3.8, 4) is 11.5 Å². The van der Waals surface area contributed by atoms with Crippen molar-refractivity contribution in [2.75, 3.05) is 39.9 Å². The Kier molecular flexibility index (Phi) is 6.30. The number of carbonyl (C=O) groups excluding carboxylic acids is 1. The van der Waals surface area contributed by atoms with Gasteiger partial charge in [0.1, 0.15) is 5.82 Å². The predicted molar refractivity (Wildman–Crippen MR) is 93.0 cm³/mol. The number of methoxy groups -OCH3 is 1. The molecule has 8 heteroatoms. The van der Waals surface area contributed by atoms with Gasteiger partial charge in [0.2, 0.25) is 17.7 Å². The second kappa shape index (κ2) is 8.86. The van der Waals surface area contributed by atoms with E-state index in [4.69, 9.17) is 9.15 Å². The lowest BCUT2D eigenvalue weighted by atomic mass is 9.97. The van der Waals surface area contributed by atoms with Gasteiger partial charge in [0.25, 0.3) is 0 Å². The lowest BCUT2D eigenvalue weighted by Gasteiger charge is -2.29. The van der Waals surface area contributed by atoms with Gasteiger partial charge in [-0.3, -0.25) is 9.69 Å². The number of hydrogen-bond donors (Lipinski definition) is 1. The van der Waals surface area contributed by atoms with E-state index in [1.165, 1.54) is 12.1 Å². The molecule has 1 aromatic carbocycles. The maximum absolute atomic E-state index is 13.0. The third-order valence-electron chi connectivity index (χ3n) is 4.46. The molecule has 1 aromatic heterocycles. The number of nitrogens with one attached hydrogen (secondary N) is 1. The number of hydrogen-bond acceptors (Lipinski definition) is 6. The van der Waals surface area contributed by atoms with Gasteiger partial charge in [0.15, 0.2) is 0 Å². The summed E-state index contributed by atoms with van der Waals surface area (Å²) in [5, 5.41) is 11.1. The second-order valence-corrected chi connectivity index (χ2v) is 6.35. The van der Waals surface area contributed by atoms with Crippen LogP contribution in [-0.4, -0.2) is 60.9 Å². The molecule has 1 aliphatic heterocycles. The maximum atomic E-state index is 13.0. The fraction of sp³-hybridized carbons (Fsp3) is 0.500. The van der Waals surface area contributed by atoms with Crippen LogP contribution in [0.5, 0.6) is 0 Å². The van der Waals surface area contributed by atoms with E-state index in [0.29, 0.717) is 37.0 Å². The monoisotopic (exact) mass is 362 g/mol. The highest BCUT2D eigenvalue weighted by Gasteiger charge is 2.26. The van der Waals surface area contributed by atoms with E-state index in [0.717, 1.165) is 25.9 Å². The smallest absolute Gasteiger partial charge is 0.247 e. The largest absolute Gasteiger partial charge is 0.420 e. The molecule has 1 saturated heterocycles. The molecule has 2 aromatic rings. The highest BCUT2D eigenvalue weighted by Crippen LogP contribution is 2.29. The zero-order chi connectivity index (χ0) is 18.4. The van der Waals surface area contributed by atoms with Crippen molar-refractivity contribution in [1.82, 2.24) is 20.4 Å². The molecule has 0 atom stereocenters. The Morgan fingerprint density at radius 3 is 2.73 bits per heavy atom. The van der Waals surface area contributed by atoms with Crippen LogP contribution < -0.4 is 5.32 Å². The molecule has 0 bridgehead atoms. The molecule has 7 nitrogen and oxygen atoms in total. The van der Waals surface area contributed by atoms with E-state index >= 15 is 0 Å². The molecule has 1 aliphatic rings. The average molecular weight is 362 g/mol. The number of aromatic nitrogens is 2. The first-order valence-electron chi connectivity index (χ1n) is 8.73. The van der Waals surface area contributed by atoms with Crippen LogP contribution in [0.2, 0.25) is 0 Å². The molecule has 2 heterocycles. The van der Waals surface area contributed by atoms with Gasteiger partial charge in [-0.15, -0.1) is 10.2 Å². The lowest BCUT2D eigenvalue weighted by Crippen LogP contribution is -2.41. The minimum absolute atomic E-state index is 0.0110. The number of halogens is 1. The van der Waals surface area contributed by atoms with Crippen LogP contribution in [0.15, 0.2) is 28.7 Å². The summed E-state index contributed by atoms with van der Waals surface area (Å²) in [6.07, 6.45) is 1.72. The maximum Gasteiger partial charge on any atom is 0.247 e. The molecule has 0 unspecified atom stereocenters. The van der Waals surface area contributed by atoms with Gasteiger partial charge in [-0.1, -0.05) is 0 Å². The van der Waals surface area contributed by atoms with Gasteiger partial charge < -0.3 is 14.5 Å². The van der Waals surface area contributed by atoms with Gasteiger partial charge in [-0.25, -0.2) is 4.39 Å². The zero-order valence-corrected chi connectivity index (χ0v) is 14.8. The van der Waals surface area contributed by atoms with Gasteiger partial charge in [-0.05, 0) is 50.2 Å². The van der Waals surface area contributed by atoms with E-state index in [9.17, 15) is 9.18 Å². The van der Waals surface area contributed by atoms with Crippen LogP contribution >= 0.6 is 0 Å². The van der Waals surface area contributed by atoms with Crippen LogP contribution in [0.1, 0.15) is 24.7 Å². The molecule has 1 N–H and O–H groups in total. The number of likely N-dealkylation sites (tertiary alicyclic amines) is 1. The first-order valence-corrected chi connectivity index (χ1v) is 8.73. The summed E-state index contributed by atoms with van der Waals surface area (Å²) in [4.78, 5) is 14.0. The van der Waals surface area contributed by atoms with Crippen LogP contribution in [-0.2, 0) is 9.53 Å². The van der Waals surface area contributed by atoms with E-state index in [-0.39, 0.29) is 17.6 Å². The van der Waals surface area contributed by atoms with E-state index in [2.05, 4.69) is 20.4 Å². The molecular weight excluding hydrogens is 339 g/mol. The summed E-state index contributed by atoms with van der Waals surface area (Å²) < 4.78 is 23.7. The molecule has 26 heavy (non-hydrogen) atoms. The van der Waals surface area contributed by atoms with E-state index < -0.39 is 0 Å². The van der Waals surface area contributed by atoms with Crippen LogP contribution in [0.3, 0.4) is 0 Å². The Morgan fingerprint density at radius 2 is 2.04 bits per heavy atom. The number of piperidine rings is 1. The Bertz CT molecular complexity index is 711. The van der Waals surface area contributed by atoms with Crippen LogP contribution in [0, 0.1) is 5.82 Å². The third-order valence-corrected chi connectivity index (χ3v) is 4.46. The summed E-state index contributed by atoms with van der Waals surface area (Å²) in [6.45, 7) is 3.04. The average Bonchev–Trinajstić information content (AvgIpc) is 3.13. The number of carbonyl (C=O) groups is 1. The van der Waals surface area contributed by atoms with Crippen molar-refractivity contribution in [3.63, 3.8) is 0 Å². The SMILES string of the molecule is COCCNC(=O)CN1CCC(c2nnc(-c3ccc(F)cc3)o2)CC1. The summed E-state index contributed by atoms with van der Waals surface area (Å²) in [6, 6.07) is 5.99.